The lowest BCUT2D eigenvalue weighted by Gasteiger charge is -2.19. The van der Waals surface area contributed by atoms with Crippen LogP contribution in [0.1, 0.15) is 30.0 Å². The zero-order valence-corrected chi connectivity index (χ0v) is 15.4. The molecule has 2 aromatic heterocycles. The van der Waals surface area contributed by atoms with E-state index in [9.17, 15) is 22.2 Å². The first kappa shape index (κ1) is 20.6. The quantitative estimate of drug-likeness (QED) is 0.779. The number of aryl methyl sites for hydroxylation is 1. The molecule has 27 heavy (non-hydrogen) atoms. The van der Waals surface area contributed by atoms with Gasteiger partial charge in [0.25, 0.3) is 11.8 Å². The standard InChI is InChI=1S/C16H16F3N5O2S/c1-9(16(2,18)19)23-27(26)12-8-24(3)14(13(12)17)15(25)22-10-4-5-21-11(6-10)7-20/h4-6,8-9,23H,1-3H3,(H,21,22,25). The number of amides is 1. The molecule has 2 atom stereocenters. The van der Waals surface area contributed by atoms with Crippen LogP contribution in [0.2, 0.25) is 0 Å². The van der Waals surface area contributed by atoms with Gasteiger partial charge in [-0.05, 0) is 19.1 Å². The van der Waals surface area contributed by atoms with E-state index >= 15 is 0 Å². The number of hydrogen-bond acceptors (Lipinski definition) is 4. The molecule has 0 saturated carbocycles. The molecular formula is C16H16F3N5O2S. The average Bonchev–Trinajstić information content (AvgIpc) is 2.88. The Hall–Kier alpha value is -2.71. The van der Waals surface area contributed by atoms with Gasteiger partial charge in [-0.1, -0.05) is 0 Å². The van der Waals surface area contributed by atoms with Crippen LogP contribution in [0.15, 0.2) is 29.4 Å². The number of carbonyl (C=O) groups excluding carboxylic acids is 1. The SMILES string of the molecule is CC(NS(=O)c1cn(C)c(C(=O)Nc2ccnc(C#N)c2)c1F)C(C)(F)F. The normalized spacial score (nSPS) is 13.7. The number of alkyl halides is 2. The lowest BCUT2D eigenvalue weighted by Crippen LogP contribution is -2.41. The molecule has 7 nitrogen and oxygen atoms in total. The molecule has 2 rings (SSSR count). The van der Waals surface area contributed by atoms with Crippen molar-refractivity contribution in [3.8, 4) is 6.07 Å². The first-order chi connectivity index (χ1) is 12.5. The van der Waals surface area contributed by atoms with Crippen molar-refractivity contribution in [1.82, 2.24) is 14.3 Å². The Balaban J connectivity index is 2.25. The van der Waals surface area contributed by atoms with E-state index in [4.69, 9.17) is 5.26 Å². The number of hydrogen-bond donors (Lipinski definition) is 2. The molecule has 2 heterocycles. The van der Waals surface area contributed by atoms with Crippen molar-refractivity contribution in [3.63, 3.8) is 0 Å². The molecule has 2 aromatic rings. The number of anilines is 1. The van der Waals surface area contributed by atoms with Crippen molar-refractivity contribution in [1.29, 1.82) is 5.26 Å². The minimum Gasteiger partial charge on any atom is -0.343 e. The summed E-state index contributed by atoms with van der Waals surface area (Å²) in [6.45, 7) is 1.76. The molecule has 2 N–H and O–H groups in total. The third-order valence-electron chi connectivity index (χ3n) is 3.68. The van der Waals surface area contributed by atoms with Crippen molar-refractivity contribution >= 4 is 22.6 Å². The average molecular weight is 399 g/mol. The van der Waals surface area contributed by atoms with Crippen LogP contribution in [-0.2, 0) is 18.0 Å². The Kier molecular flexibility index (Phi) is 6.02. The summed E-state index contributed by atoms with van der Waals surface area (Å²) in [5.41, 5.74) is -0.167. The zero-order chi connectivity index (χ0) is 20.4. The van der Waals surface area contributed by atoms with Gasteiger partial charge in [-0.25, -0.2) is 27.1 Å². The first-order valence-corrected chi connectivity index (χ1v) is 8.77. The van der Waals surface area contributed by atoms with Crippen molar-refractivity contribution in [3.05, 3.63) is 41.7 Å². The number of rotatable bonds is 6. The number of nitrogens with zero attached hydrogens (tertiary/aromatic N) is 3. The van der Waals surface area contributed by atoms with Crippen molar-refractivity contribution in [2.45, 2.75) is 30.7 Å². The van der Waals surface area contributed by atoms with Crippen LogP contribution in [0.5, 0.6) is 0 Å². The monoisotopic (exact) mass is 399 g/mol. The molecule has 0 bridgehead atoms. The van der Waals surface area contributed by atoms with Gasteiger partial charge in [0.05, 0.1) is 6.04 Å². The van der Waals surface area contributed by atoms with Gasteiger partial charge in [0.1, 0.15) is 33.3 Å². The van der Waals surface area contributed by atoms with Crippen LogP contribution in [0.4, 0.5) is 18.9 Å². The van der Waals surface area contributed by atoms with Gasteiger partial charge in [-0.15, -0.1) is 0 Å². The fourth-order valence-corrected chi connectivity index (χ4v) is 3.21. The molecule has 0 aliphatic heterocycles. The molecule has 0 saturated heterocycles. The summed E-state index contributed by atoms with van der Waals surface area (Å²) >= 11 is 0. The second kappa shape index (κ2) is 7.89. The highest BCUT2D eigenvalue weighted by atomic mass is 32.2. The van der Waals surface area contributed by atoms with Crippen LogP contribution in [0, 0.1) is 17.1 Å². The number of nitrogens with one attached hydrogen (secondary N) is 2. The Morgan fingerprint density at radius 3 is 2.74 bits per heavy atom. The summed E-state index contributed by atoms with van der Waals surface area (Å²) in [5.74, 6) is -5.12. The number of aromatic nitrogens is 2. The summed E-state index contributed by atoms with van der Waals surface area (Å²) in [6, 6.07) is 3.03. The van der Waals surface area contributed by atoms with Gasteiger partial charge >= 0.3 is 0 Å². The molecule has 0 aromatic carbocycles. The van der Waals surface area contributed by atoms with E-state index < -0.39 is 45.3 Å². The lowest BCUT2D eigenvalue weighted by molar-refractivity contribution is -0.00445. The van der Waals surface area contributed by atoms with E-state index in [2.05, 4.69) is 15.0 Å². The lowest BCUT2D eigenvalue weighted by atomic mass is 10.2. The zero-order valence-electron chi connectivity index (χ0n) is 14.6. The Morgan fingerprint density at radius 1 is 1.48 bits per heavy atom. The molecule has 144 valence electrons. The molecule has 1 amide bonds. The molecule has 11 heteroatoms. The van der Waals surface area contributed by atoms with Crippen molar-refractivity contribution in [2.75, 3.05) is 5.32 Å². The summed E-state index contributed by atoms with van der Waals surface area (Å²) < 4.78 is 56.5. The van der Waals surface area contributed by atoms with Crippen LogP contribution in [0.25, 0.3) is 0 Å². The fourth-order valence-electron chi connectivity index (χ4n) is 2.04. The van der Waals surface area contributed by atoms with Gasteiger partial charge in [0, 0.05) is 32.1 Å². The van der Waals surface area contributed by atoms with E-state index in [1.165, 1.54) is 25.4 Å². The maximum atomic E-state index is 14.6. The fraction of sp³-hybridized carbons (Fsp3) is 0.312. The van der Waals surface area contributed by atoms with Gasteiger partial charge in [-0.2, -0.15) is 5.26 Å². The largest absolute Gasteiger partial charge is 0.343 e. The molecule has 0 fully saturated rings. The maximum absolute atomic E-state index is 14.6. The third kappa shape index (κ3) is 4.72. The highest BCUT2D eigenvalue weighted by Gasteiger charge is 2.33. The first-order valence-electron chi connectivity index (χ1n) is 7.62. The number of carbonyl (C=O) groups is 1. The molecule has 2 unspecified atom stereocenters. The summed E-state index contributed by atoms with van der Waals surface area (Å²) in [7, 11) is -0.937. The van der Waals surface area contributed by atoms with Crippen molar-refractivity contribution < 1.29 is 22.2 Å². The number of pyridine rings is 1. The highest BCUT2D eigenvalue weighted by Crippen LogP contribution is 2.22. The number of nitriles is 1. The number of halogens is 3. The van der Waals surface area contributed by atoms with E-state index in [-0.39, 0.29) is 11.4 Å². The van der Waals surface area contributed by atoms with E-state index in [1.807, 2.05) is 0 Å². The van der Waals surface area contributed by atoms with Crippen molar-refractivity contribution in [2.24, 2.45) is 7.05 Å². The van der Waals surface area contributed by atoms with Gasteiger partial charge in [-0.3, -0.25) is 4.79 Å². The third-order valence-corrected chi connectivity index (χ3v) is 4.93. The molecule has 0 aliphatic rings. The van der Waals surface area contributed by atoms with E-state index in [0.717, 1.165) is 17.7 Å². The molecule has 0 aliphatic carbocycles. The highest BCUT2D eigenvalue weighted by molar-refractivity contribution is 7.83. The molecular weight excluding hydrogens is 383 g/mol. The minimum absolute atomic E-state index is 0.0561. The minimum atomic E-state index is -3.17. The summed E-state index contributed by atoms with van der Waals surface area (Å²) in [6.07, 6.45) is 2.38. The van der Waals surface area contributed by atoms with Gasteiger partial charge in [0.2, 0.25) is 0 Å². The predicted octanol–water partition coefficient (Wildman–Crippen LogP) is 2.34. The van der Waals surface area contributed by atoms with Gasteiger partial charge < -0.3 is 9.88 Å². The van der Waals surface area contributed by atoms with E-state index in [0.29, 0.717) is 6.92 Å². The Labute approximate surface area is 155 Å². The van der Waals surface area contributed by atoms with Crippen LogP contribution in [-0.4, -0.2) is 31.6 Å². The Bertz CT molecular complexity index is 933. The summed E-state index contributed by atoms with van der Waals surface area (Å²) in [4.78, 5) is 15.7. The topological polar surface area (TPSA) is 99.8 Å². The molecule has 0 spiro atoms. The van der Waals surface area contributed by atoms with Gasteiger partial charge in [0.15, 0.2) is 5.82 Å². The smallest absolute Gasteiger partial charge is 0.275 e. The Morgan fingerprint density at radius 2 is 2.15 bits per heavy atom. The summed E-state index contributed by atoms with van der Waals surface area (Å²) in [5, 5.41) is 11.2. The second-order valence-electron chi connectivity index (χ2n) is 5.83. The van der Waals surface area contributed by atoms with Crippen LogP contribution >= 0.6 is 0 Å². The maximum Gasteiger partial charge on any atom is 0.275 e. The predicted molar refractivity (Wildman–Crippen MR) is 91.9 cm³/mol. The van der Waals surface area contributed by atoms with E-state index in [1.54, 1.807) is 6.07 Å². The van der Waals surface area contributed by atoms with Crippen LogP contribution < -0.4 is 10.0 Å². The molecule has 0 radical (unpaired) electrons. The second-order valence-corrected chi connectivity index (χ2v) is 7.04. The van der Waals surface area contributed by atoms with Crippen LogP contribution in [0.3, 0.4) is 0 Å².